The molecule has 0 amide bonds. The molecule has 8 heteroatoms. The van der Waals surface area contributed by atoms with Crippen molar-refractivity contribution in [2.24, 2.45) is 5.92 Å². The quantitative estimate of drug-likeness (QED) is 0.493. The molecule has 0 spiro atoms. The topological polar surface area (TPSA) is 71.3 Å². The minimum Gasteiger partial charge on any atom is -0.376 e. The van der Waals surface area contributed by atoms with Gasteiger partial charge in [-0.25, -0.2) is 15.0 Å². The summed E-state index contributed by atoms with van der Waals surface area (Å²) in [6, 6.07) is 10.1. The van der Waals surface area contributed by atoms with E-state index in [1.807, 2.05) is 22.8 Å². The second-order valence-electron chi connectivity index (χ2n) is 7.23. The standard InChI is InChI=1S/C21H25ClN4O3/c22-20-19-21(24-14-23-20)26(15-25-19)10-17(13-29-18-8-4-5-9-28-18)12-27-11-16-6-2-1-3-7-16/h1-3,6-7,14-15,17-18H,4-5,8-13H2. The summed E-state index contributed by atoms with van der Waals surface area (Å²) in [5.41, 5.74) is 2.47. The summed E-state index contributed by atoms with van der Waals surface area (Å²) >= 11 is 6.13. The zero-order chi connectivity index (χ0) is 19.9. The highest BCUT2D eigenvalue weighted by atomic mass is 35.5. The number of fused-ring (bicyclic) bond motifs is 1. The Morgan fingerprint density at radius 1 is 1.14 bits per heavy atom. The van der Waals surface area contributed by atoms with E-state index >= 15 is 0 Å². The van der Waals surface area contributed by atoms with Crippen LogP contribution in [0.3, 0.4) is 0 Å². The predicted molar refractivity (Wildman–Crippen MR) is 109 cm³/mol. The molecule has 1 saturated heterocycles. The largest absolute Gasteiger partial charge is 0.376 e. The average Bonchev–Trinajstić information content (AvgIpc) is 3.17. The number of halogens is 1. The summed E-state index contributed by atoms with van der Waals surface area (Å²) in [4.78, 5) is 12.7. The van der Waals surface area contributed by atoms with Crippen molar-refractivity contribution in [3.63, 3.8) is 0 Å². The third kappa shape index (κ3) is 5.51. The van der Waals surface area contributed by atoms with Gasteiger partial charge in [0.1, 0.15) is 11.8 Å². The van der Waals surface area contributed by atoms with Crippen LogP contribution in [-0.4, -0.2) is 45.6 Å². The molecule has 2 aromatic heterocycles. The number of benzene rings is 1. The zero-order valence-electron chi connectivity index (χ0n) is 16.2. The molecule has 4 rings (SSSR count). The molecule has 0 saturated carbocycles. The van der Waals surface area contributed by atoms with Crippen LogP contribution in [0.15, 0.2) is 43.0 Å². The van der Waals surface area contributed by atoms with Crippen molar-refractivity contribution < 1.29 is 14.2 Å². The number of hydrogen-bond donors (Lipinski definition) is 0. The van der Waals surface area contributed by atoms with Gasteiger partial charge in [0.05, 0.1) is 26.1 Å². The van der Waals surface area contributed by atoms with Crippen molar-refractivity contribution in [3.8, 4) is 0 Å². The van der Waals surface area contributed by atoms with Gasteiger partial charge in [0, 0.05) is 19.1 Å². The molecule has 0 bridgehead atoms. The monoisotopic (exact) mass is 416 g/mol. The Labute approximate surface area is 175 Å². The van der Waals surface area contributed by atoms with Gasteiger partial charge in [-0.1, -0.05) is 41.9 Å². The Bertz CT molecular complexity index is 899. The van der Waals surface area contributed by atoms with Crippen molar-refractivity contribution in [1.82, 2.24) is 19.5 Å². The van der Waals surface area contributed by atoms with Crippen LogP contribution in [0.1, 0.15) is 24.8 Å². The first kappa shape index (κ1) is 20.2. The van der Waals surface area contributed by atoms with Crippen LogP contribution in [0.25, 0.3) is 11.2 Å². The lowest BCUT2D eigenvalue weighted by atomic mass is 10.1. The van der Waals surface area contributed by atoms with Crippen LogP contribution in [0.5, 0.6) is 0 Å². The fraction of sp³-hybridized carbons (Fsp3) is 0.476. The average molecular weight is 417 g/mol. The van der Waals surface area contributed by atoms with E-state index in [2.05, 4.69) is 27.1 Å². The van der Waals surface area contributed by atoms with Crippen LogP contribution < -0.4 is 0 Å². The SMILES string of the molecule is Clc1ncnc2c1ncn2CC(COCc1ccccc1)COC1CCCCO1. The molecule has 7 nitrogen and oxygen atoms in total. The van der Waals surface area contributed by atoms with Gasteiger partial charge in [-0.3, -0.25) is 0 Å². The molecule has 2 atom stereocenters. The minimum atomic E-state index is -0.128. The number of hydrogen-bond acceptors (Lipinski definition) is 6. The van der Waals surface area contributed by atoms with Crippen molar-refractivity contribution in [2.45, 2.75) is 38.7 Å². The zero-order valence-corrected chi connectivity index (χ0v) is 17.0. The molecule has 0 aliphatic carbocycles. The smallest absolute Gasteiger partial charge is 0.164 e. The summed E-state index contributed by atoms with van der Waals surface area (Å²) in [7, 11) is 0. The Hall–Kier alpha value is -2.06. The summed E-state index contributed by atoms with van der Waals surface area (Å²) in [5.74, 6) is 0.121. The van der Waals surface area contributed by atoms with E-state index in [0.29, 0.717) is 42.7 Å². The van der Waals surface area contributed by atoms with E-state index in [-0.39, 0.29) is 12.2 Å². The number of rotatable bonds is 9. The lowest BCUT2D eigenvalue weighted by molar-refractivity contribution is -0.172. The molecule has 0 radical (unpaired) electrons. The first-order chi connectivity index (χ1) is 14.3. The first-order valence-corrected chi connectivity index (χ1v) is 10.3. The number of ether oxygens (including phenoxy) is 3. The van der Waals surface area contributed by atoms with Crippen molar-refractivity contribution >= 4 is 22.8 Å². The molecular weight excluding hydrogens is 392 g/mol. The van der Waals surface area contributed by atoms with Gasteiger partial charge in [0.2, 0.25) is 0 Å². The van der Waals surface area contributed by atoms with Crippen molar-refractivity contribution in [1.29, 1.82) is 0 Å². The molecule has 1 aliphatic rings. The van der Waals surface area contributed by atoms with Crippen molar-refractivity contribution in [3.05, 3.63) is 53.7 Å². The van der Waals surface area contributed by atoms with E-state index in [0.717, 1.165) is 31.4 Å². The van der Waals surface area contributed by atoms with Gasteiger partial charge in [0.25, 0.3) is 0 Å². The molecule has 154 valence electrons. The fourth-order valence-corrected chi connectivity index (χ4v) is 3.60. The maximum Gasteiger partial charge on any atom is 0.164 e. The third-order valence-electron chi connectivity index (χ3n) is 4.93. The maximum atomic E-state index is 6.13. The molecule has 2 unspecified atom stereocenters. The highest BCUT2D eigenvalue weighted by Crippen LogP contribution is 2.20. The Morgan fingerprint density at radius 2 is 2.03 bits per heavy atom. The molecule has 3 aromatic rings. The Morgan fingerprint density at radius 3 is 2.86 bits per heavy atom. The predicted octanol–water partition coefficient (Wildman–Crippen LogP) is 3.86. The number of aromatic nitrogens is 4. The van der Waals surface area contributed by atoms with E-state index in [9.17, 15) is 0 Å². The summed E-state index contributed by atoms with van der Waals surface area (Å²) in [5, 5.41) is 0.359. The molecule has 1 fully saturated rings. The highest BCUT2D eigenvalue weighted by Gasteiger charge is 2.19. The Balaban J connectivity index is 1.40. The highest BCUT2D eigenvalue weighted by molar-refractivity contribution is 6.33. The summed E-state index contributed by atoms with van der Waals surface area (Å²) < 4.78 is 19.7. The second kappa shape index (κ2) is 10.1. The molecule has 1 aliphatic heterocycles. The van der Waals surface area contributed by atoms with Crippen LogP contribution in [0, 0.1) is 5.92 Å². The summed E-state index contributed by atoms with van der Waals surface area (Å²) in [6.45, 7) is 3.08. The minimum absolute atomic E-state index is 0.121. The first-order valence-electron chi connectivity index (χ1n) is 9.96. The van der Waals surface area contributed by atoms with Gasteiger partial charge in [0.15, 0.2) is 17.1 Å². The molecule has 1 aromatic carbocycles. The Kier molecular flexibility index (Phi) is 7.05. The van der Waals surface area contributed by atoms with Gasteiger partial charge in [-0.2, -0.15) is 0 Å². The van der Waals surface area contributed by atoms with Gasteiger partial charge in [-0.15, -0.1) is 0 Å². The fourth-order valence-electron chi connectivity index (χ4n) is 3.42. The van der Waals surface area contributed by atoms with E-state index < -0.39 is 0 Å². The lowest BCUT2D eigenvalue weighted by Gasteiger charge is -2.25. The van der Waals surface area contributed by atoms with Gasteiger partial charge in [-0.05, 0) is 24.8 Å². The van der Waals surface area contributed by atoms with Crippen LogP contribution in [-0.2, 0) is 27.4 Å². The summed E-state index contributed by atoms with van der Waals surface area (Å²) in [6.07, 6.45) is 6.25. The molecule has 3 heterocycles. The van der Waals surface area contributed by atoms with E-state index in [1.165, 1.54) is 6.33 Å². The maximum absolute atomic E-state index is 6.13. The second-order valence-corrected chi connectivity index (χ2v) is 7.59. The number of nitrogens with zero attached hydrogens (tertiary/aromatic N) is 4. The lowest BCUT2D eigenvalue weighted by Crippen LogP contribution is -2.28. The normalized spacial score (nSPS) is 18.2. The number of imidazole rings is 1. The van der Waals surface area contributed by atoms with Crippen LogP contribution in [0.4, 0.5) is 0 Å². The van der Waals surface area contributed by atoms with E-state index in [4.69, 9.17) is 25.8 Å². The molecule has 0 N–H and O–H groups in total. The van der Waals surface area contributed by atoms with Crippen LogP contribution in [0.2, 0.25) is 5.15 Å². The van der Waals surface area contributed by atoms with Gasteiger partial charge < -0.3 is 18.8 Å². The van der Waals surface area contributed by atoms with Crippen LogP contribution >= 0.6 is 11.6 Å². The third-order valence-corrected chi connectivity index (χ3v) is 5.21. The molecule has 29 heavy (non-hydrogen) atoms. The van der Waals surface area contributed by atoms with Gasteiger partial charge >= 0.3 is 0 Å². The van der Waals surface area contributed by atoms with Crippen molar-refractivity contribution in [2.75, 3.05) is 19.8 Å². The van der Waals surface area contributed by atoms with E-state index in [1.54, 1.807) is 6.33 Å². The molecular formula is C21H25ClN4O3.